The molecule has 20 heavy (non-hydrogen) atoms. The summed E-state index contributed by atoms with van der Waals surface area (Å²) < 4.78 is 0. The Morgan fingerprint density at radius 2 is 2.05 bits per heavy atom. The number of nitrogens with one attached hydrogen (secondary N) is 1. The van der Waals surface area contributed by atoms with Gasteiger partial charge in [-0.25, -0.2) is 9.97 Å². The molecule has 2 aliphatic carbocycles. The van der Waals surface area contributed by atoms with Crippen LogP contribution in [-0.2, 0) is 12.8 Å². The van der Waals surface area contributed by atoms with Crippen LogP contribution >= 0.6 is 22.7 Å². The minimum Gasteiger partial charge on any atom is -0.299 e. The SMILES string of the molecule is Cc1csc(C(NC2CC2)c2nc3c(s2)CCCC3)n1. The van der Waals surface area contributed by atoms with Crippen molar-refractivity contribution in [2.24, 2.45) is 0 Å². The van der Waals surface area contributed by atoms with Gasteiger partial charge in [0.1, 0.15) is 16.1 Å². The maximum absolute atomic E-state index is 4.94. The average molecular weight is 305 g/mol. The van der Waals surface area contributed by atoms with Gasteiger partial charge in [-0.05, 0) is 45.4 Å². The maximum Gasteiger partial charge on any atom is 0.117 e. The summed E-state index contributed by atoms with van der Waals surface area (Å²) in [6, 6.07) is 0.891. The number of hydrogen-bond acceptors (Lipinski definition) is 5. The van der Waals surface area contributed by atoms with E-state index < -0.39 is 0 Å². The van der Waals surface area contributed by atoms with Gasteiger partial charge in [-0.2, -0.15) is 0 Å². The first-order valence-electron chi connectivity index (χ1n) is 7.46. The molecule has 3 nitrogen and oxygen atoms in total. The average Bonchev–Trinajstić information content (AvgIpc) is 3.01. The van der Waals surface area contributed by atoms with Gasteiger partial charge in [0.25, 0.3) is 0 Å². The molecule has 1 N–H and O–H groups in total. The molecule has 2 aliphatic rings. The van der Waals surface area contributed by atoms with Gasteiger partial charge in [0, 0.05) is 22.0 Å². The van der Waals surface area contributed by atoms with Crippen LogP contribution in [0.15, 0.2) is 5.38 Å². The lowest BCUT2D eigenvalue weighted by Crippen LogP contribution is -2.24. The van der Waals surface area contributed by atoms with Crippen LogP contribution in [-0.4, -0.2) is 16.0 Å². The summed E-state index contributed by atoms with van der Waals surface area (Å²) in [6.07, 6.45) is 7.61. The molecule has 2 aromatic rings. The smallest absolute Gasteiger partial charge is 0.117 e. The first-order valence-corrected chi connectivity index (χ1v) is 9.16. The molecule has 0 saturated heterocycles. The van der Waals surface area contributed by atoms with E-state index >= 15 is 0 Å². The van der Waals surface area contributed by atoms with Gasteiger partial charge in [0.2, 0.25) is 0 Å². The van der Waals surface area contributed by atoms with Crippen molar-refractivity contribution in [3.63, 3.8) is 0 Å². The molecule has 2 aromatic heterocycles. The van der Waals surface area contributed by atoms with Gasteiger partial charge in [0.05, 0.1) is 5.69 Å². The van der Waals surface area contributed by atoms with E-state index in [9.17, 15) is 0 Å². The highest BCUT2D eigenvalue weighted by molar-refractivity contribution is 7.12. The lowest BCUT2D eigenvalue weighted by Gasteiger charge is -2.13. The number of thiazole rings is 2. The van der Waals surface area contributed by atoms with Crippen molar-refractivity contribution in [2.75, 3.05) is 0 Å². The molecule has 0 bridgehead atoms. The van der Waals surface area contributed by atoms with Crippen LogP contribution in [0, 0.1) is 6.92 Å². The molecule has 1 saturated carbocycles. The Balaban J connectivity index is 1.67. The van der Waals surface area contributed by atoms with Crippen molar-refractivity contribution in [1.82, 2.24) is 15.3 Å². The highest BCUT2D eigenvalue weighted by Gasteiger charge is 2.30. The molecule has 0 spiro atoms. The lowest BCUT2D eigenvalue weighted by molar-refractivity contribution is 0.591. The van der Waals surface area contributed by atoms with Crippen LogP contribution in [0.25, 0.3) is 0 Å². The first kappa shape index (κ1) is 12.9. The van der Waals surface area contributed by atoms with E-state index in [0.29, 0.717) is 6.04 Å². The van der Waals surface area contributed by atoms with E-state index in [1.165, 1.54) is 59.1 Å². The standard InChI is InChI=1S/C15H19N3S2/c1-9-8-19-14(16-9)13(17-10-6-7-10)15-18-11-4-2-3-5-12(11)20-15/h8,10,13,17H,2-7H2,1H3. The Hall–Kier alpha value is -0.780. The minimum atomic E-state index is 0.219. The first-order chi connectivity index (χ1) is 9.79. The van der Waals surface area contributed by atoms with Crippen LogP contribution in [0.2, 0.25) is 0 Å². The molecule has 1 atom stereocenters. The zero-order chi connectivity index (χ0) is 13.5. The van der Waals surface area contributed by atoms with E-state index in [1.54, 1.807) is 11.3 Å². The Morgan fingerprint density at radius 1 is 1.20 bits per heavy atom. The number of nitrogens with zero attached hydrogens (tertiary/aromatic N) is 2. The molecule has 1 unspecified atom stereocenters. The summed E-state index contributed by atoms with van der Waals surface area (Å²) in [6.45, 7) is 2.07. The third-order valence-electron chi connectivity index (χ3n) is 3.97. The van der Waals surface area contributed by atoms with Gasteiger partial charge in [-0.3, -0.25) is 5.32 Å². The quantitative estimate of drug-likeness (QED) is 0.937. The van der Waals surface area contributed by atoms with Gasteiger partial charge >= 0.3 is 0 Å². The van der Waals surface area contributed by atoms with Gasteiger partial charge in [0.15, 0.2) is 0 Å². The van der Waals surface area contributed by atoms with Crippen molar-refractivity contribution >= 4 is 22.7 Å². The summed E-state index contributed by atoms with van der Waals surface area (Å²) in [5.41, 5.74) is 2.47. The highest BCUT2D eigenvalue weighted by Crippen LogP contribution is 2.35. The molecule has 106 valence electrons. The monoisotopic (exact) mass is 305 g/mol. The molecule has 0 radical (unpaired) electrons. The number of aromatic nitrogens is 2. The number of rotatable bonds is 4. The van der Waals surface area contributed by atoms with Crippen LogP contribution in [0.5, 0.6) is 0 Å². The number of hydrogen-bond donors (Lipinski definition) is 1. The fraction of sp³-hybridized carbons (Fsp3) is 0.600. The van der Waals surface area contributed by atoms with Crippen molar-refractivity contribution in [1.29, 1.82) is 0 Å². The van der Waals surface area contributed by atoms with Crippen molar-refractivity contribution in [3.8, 4) is 0 Å². The minimum absolute atomic E-state index is 0.219. The molecule has 0 aromatic carbocycles. The second-order valence-electron chi connectivity index (χ2n) is 5.83. The summed E-state index contributed by atoms with van der Waals surface area (Å²) in [5.74, 6) is 0. The van der Waals surface area contributed by atoms with Crippen molar-refractivity contribution in [2.45, 2.75) is 57.5 Å². The Kier molecular flexibility index (Phi) is 3.36. The lowest BCUT2D eigenvalue weighted by atomic mass is 10.0. The highest BCUT2D eigenvalue weighted by atomic mass is 32.1. The number of fused-ring (bicyclic) bond motifs is 1. The summed E-state index contributed by atoms with van der Waals surface area (Å²) in [7, 11) is 0. The van der Waals surface area contributed by atoms with E-state index in [4.69, 9.17) is 9.97 Å². The van der Waals surface area contributed by atoms with Crippen LogP contribution in [0.3, 0.4) is 0 Å². The predicted molar refractivity (Wildman–Crippen MR) is 83.6 cm³/mol. The molecular formula is C15H19N3S2. The van der Waals surface area contributed by atoms with Gasteiger partial charge in [-0.1, -0.05) is 0 Å². The Morgan fingerprint density at radius 3 is 2.75 bits per heavy atom. The molecule has 1 fully saturated rings. The predicted octanol–water partition coefficient (Wildman–Crippen LogP) is 3.63. The fourth-order valence-electron chi connectivity index (χ4n) is 2.73. The van der Waals surface area contributed by atoms with E-state index in [1.807, 2.05) is 11.3 Å². The van der Waals surface area contributed by atoms with Gasteiger partial charge < -0.3 is 0 Å². The molecule has 5 heteroatoms. The molecule has 0 amide bonds. The fourth-order valence-corrected chi connectivity index (χ4v) is 4.88. The van der Waals surface area contributed by atoms with Crippen molar-refractivity contribution in [3.05, 3.63) is 31.7 Å². The largest absolute Gasteiger partial charge is 0.299 e. The van der Waals surface area contributed by atoms with Crippen molar-refractivity contribution < 1.29 is 0 Å². The Bertz CT molecular complexity index is 589. The van der Waals surface area contributed by atoms with Crippen LogP contribution in [0.1, 0.15) is 58.0 Å². The van der Waals surface area contributed by atoms with Crippen LogP contribution in [0.4, 0.5) is 0 Å². The summed E-state index contributed by atoms with van der Waals surface area (Å²) in [5, 5.41) is 8.30. The molecule has 4 rings (SSSR count). The molecular weight excluding hydrogens is 286 g/mol. The van der Waals surface area contributed by atoms with E-state index in [2.05, 4.69) is 17.6 Å². The summed E-state index contributed by atoms with van der Waals surface area (Å²) in [4.78, 5) is 11.2. The third-order valence-corrected chi connectivity index (χ3v) is 6.22. The zero-order valence-electron chi connectivity index (χ0n) is 11.7. The van der Waals surface area contributed by atoms with Crippen LogP contribution < -0.4 is 5.32 Å². The molecule has 0 aliphatic heterocycles. The Labute approximate surface area is 127 Å². The maximum atomic E-state index is 4.94. The number of aryl methyl sites for hydroxylation is 3. The molecule has 2 heterocycles. The third kappa shape index (κ3) is 2.54. The zero-order valence-corrected chi connectivity index (χ0v) is 13.3. The summed E-state index contributed by atoms with van der Waals surface area (Å²) >= 11 is 3.67. The normalized spacial score (nSPS) is 19.9. The topological polar surface area (TPSA) is 37.8 Å². The second-order valence-corrected chi connectivity index (χ2v) is 7.84. The van der Waals surface area contributed by atoms with E-state index in [0.717, 1.165) is 5.69 Å². The van der Waals surface area contributed by atoms with E-state index in [-0.39, 0.29) is 6.04 Å². The second kappa shape index (κ2) is 5.20. The van der Waals surface area contributed by atoms with Gasteiger partial charge in [-0.15, -0.1) is 22.7 Å².